The molecular weight excluding hydrogens is 272 g/mol. The van der Waals surface area contributed by atoms with Crippen LogP contribution in [0.5, 0.6) is 0 Å². The minimum atomic E-state index is -0.373. The molecule has 94 valence electrons. The average molecular weight is 283 g/mol. The van der Waals surface area contributed by atoms with E-state index in [1.54, 1.807) is 6.07 Å². The number of hydrogen-bond acceptors (Lipinski definition) is 4. The van der Waals surface area contributed by atoms with E-state index >= 15 is 0 Å². The van der Waals surface area contributed by atoms with Crippen molar-refractivity contribution in [2.24, 2.45) is 0 Å². The molecule has 0 bridgehead atoms. The van der Waals surface area contributed by atoms with Gasteiger partial charge < -0.3 is 5.32 Å². The second-order valence-electron chi connectivity index (χ2n) is 3.69. The third-order valence-corrected chi connectivity index (χ3v) is 3.81. The molecule has 0 saturated heterocycles. The molecule has 1 N–H and O–H groups in total. The maximum absolute atomic E-state index is 10.5. The number of thiophene rings is 1. The summed E-state index contributed by atoms with van der Waals surface area (Å²) in [5.74, 6) is 0. The van der Waals surface area contributed by atoms with Crippen LogP contribution in [0.1, 0.15) is 10.4 Å². The Morgan fingerprint density at radius 3 is 2.67 bits per heavy atom. The summed E-state index contributed by atoms with van der Waals surface area (Å²) in [5.41, 5.74) is 1.02. The first-order valence-electron chi connectivity index (χ1n) is 5.34. The molecule has 2 aromatic rings. The van der Waals surface area contributed by atoms with Crippen LogP contribution >= 0.6 is 22.9 Å². The van der Waals surface area contributed by atoms with E-state index in [1.165, 1.54) is 17.4 Å². The normalized spacial score (nSPS) is 10.5. The predicted octanol–water partition coefficient (Wildman–Crippen LogP) is 3.60. The molecule has 0 spiro atoms. The molecule has 1 aromatic heterocycles. The molecule has 0 atom stereocenters. The smallest absolute Gasteiger partial charge is 0.308 e. The standard InChI is InChI=1S/C12H11ClN2O2S/c13-11-4-2-1-3-9(11)7-14-8-10-5-6-12(18-10)15(16)17/h1-6,14H,7-8H2. The third-order valence-electron chi connectivity index (χ3n) is 2.40. The van der Waals surface area contributed by atoms with Gasteiger partial charge in [0.15, 0.2) is 0 Å². The summed E-state index contributed by atoms with van der Waals surface area (Å²) < 4.78 is 0. The van der Waals surface area contributed by atoms with Crippen LogP contribution in [-0.4, -0.2) is 4.92 Å². The minimum Gasteiger partial charge on any atom is -0.308 e. The summed E-state index contributed by atoms with van der Waals surface area (Å²) in [6.07, 6.45) is 0. The molecule has 4 nitrogen and oxygen atoms in total. The highest BCUT2D eigenvalue weighted by molar-refractivity contribution is 7.15. The van der Waals surface area contributed by atoms with Crippen molar-refractivity contribution in [1.29, 1.82) is 0 Å². The Labute approximate surface area is 113 Å². The largest absolute Gasteiger partial charge is 0.324 e. The van der Waals surface area contributed by atoms with Crippen LogP contribution in [0.2, 0.25) is 5.02 Å². The molecular formula is C12H11ClN2O2S. The minimum absolute atomic E-state index is 0.171. The first-order chi connectivity index (χ1) is 8.66. The van der Waals surface area contributed by atoms with E-state index in [4.69, 9.17) is 11.6 Å². The van der Waals surface area contributed by atoms with E-state index in [1.807, 2.05) is 24.3 Å². The SMILES string of the molecule is O=[N+]([O-])c1ccc(CNCc2ccccc2Cl)s1. The quantitative estimate of drug-likeness (QED) is 0.673. The summed E-state index contributed by atoms with van der Waals surface area (Å²) in [4.78, 5) is 11.1. The first kappa shape index (κ1) is 13.0. The van der Waals surface area contributed by atoms with E-state index < -0.39 is 0 Å². The summed E-state index contributed by atoms with van der Waals surface area (Å²) in [7, 11) is 0. The highest BCUT2D eigenvalue weighted by atomic mass is 35.5. The summed E-state index contributed by atoms with van der Waals surface area (Å²) in [5, 5.41) is 14.6. The van der Waals surface area contributed by atoms with Crippen LogP contribution in [0.25, 0.3) is 0 Å². The van der Waals surface area contributed by atoms with E-state index in [0.29, 0.717) is 13.1 Å². The van der Waals surface area contributed by atoms with Crippen LogP contribution in [-0.2, 0) is 13.1 Å². The zero-order chi connectivity index (χ0) is 13.0. The fourth-order valence-electron chi connectivity index (χ4n) is 1.52. The number of hydrogen-bond donors (Lipinski definition) is 1. The summed E-state index contributed by atoms with van der Waals surface area (Å²) in [6.45, 7) is 1.25. The van der Waals surface area contributed by atoms with E-state index in [2.05, 4.69) is 5.32 Å². The average Bonchev–Trinajstić information content (AvgIpc) is 2.80. The van der Waals surface area contributed by atoms with Gasteiger partial charge in [-0.05, 0) is 17.7 Å². The highest BCUT2D eigenvalue weighted by Gasteiger charge is 2.09. The lowest BCUT2D eigenvalue weighted by atomic mass is 10.2. The van der Waals surface area contributed by atoms with Crippen molar-refractivity contribution in [3.05, 3.63) is 62.0 Å². The molecule has 0 aliphatic rings. The zero-order valence-electron chi connectivity index (χ0n) is 9.43. The number of halogens is 1. The first-order valence-corrected chi connectivity index (χ1v) is 6.53. The lowest BCUT2D eigenvalue weighted by Crippen LogP contribution is -2.11. The van der Waals surface area contributed by atoms with Crippen molar-refractivity contribution in [2.75, 3.05) is 0 Å². The van der Waals surface area contributed by atoms with Gasteiger partial charge in [0.25, 0.3) is 0 Å². The molecule has 0 radical (unpaired) electrons. The van der Waals surface area contributed by atoms with E-state index in [0.717, 1.165) is 15.5 Å². The molecule has 0 aliphatic heterocycles. The lowest BCUT2D eigenvalue weighted by Gasteiger charge is -2.04. The van der Waals surface area contributed by atoms with Gasteiger partial charge in [-0.1, -0.05) is 41.1 Å². The molecule has 0 saturated carbocycles. The van der Waals surface area contributed by atoms with Crippen LogP contribution in [0.15, 0.2) is 36.4 Å². The van der Waals surface area contributed by atoms with Gasteiger partial charge in [0, 0.05) is 29.1 Å². The van der Waals surface area contributed by atoms with Crippen LogP contribution in [0, 0.1) is 10.1 Å². The summed E-state index contributed by atoms with van der Waals surface area (Å²) in [6, 6.07) is 10.9. The van der Waals surface area contributed by atoms with E-state index in [9.17, 15) is 10.1 Å². The Kier molecular flexibility index (Phi) is 4.30. The monoisotopic (exact) mass is 282 g/mol. The van der Waals surface area contributed by atoms with Crippen LogP contribution < -0.4 is 5.32 Å². The van der Waals surface area contributed by atoms with Crippen LogP contribution in [0.3, 0.4) is 0 Å². The third kappa shape index (κ3) is 3.29. The molecule has 1 heterocycles. The van der Waals surface area contributed by atoms with Gasteiger partial charge in [-0.3, -0.25) is 10.1 Å². The van der Waals surface area contributed by atoms with Gasteiger partial charge in [-0.25, -0.2) is 0 Å². The van der Waals surface area contributed by atoms with Crippen molar-refractivity contribution in [3.63, 3.8) is 0 Å². The van der Waals surface area contributed by atoms with Crippen LogP contribution in [0.4, 0.5) is 5.00 Å². The van der Waals surface area contributed by atoms with E-state index in [-0.39, 0.29) is 9.92 Å². The second kappa shape index (κ2) is 5.95. The highest BCUT2D eigenvalue weighted by Crippen LogP contribution is 2.23. The predicted molar refractivity (Wildman–Crippen MR) is 73.0 cm³/mol. The Morgan fingerprint density at radius 2 is 2.00 bits per heavy atom. The van der Waals surface area contributed by atoms with Gasteiger partial charge >= 0.3 is 5.00 Å². The van der Waals surface area contributed by atoms with Crippen molar-refractivity contribution in [1.82, 2.24) is 5.32 Å². The van der Waals surface area contributed by atoms with Gasteiger partial charge in [0.05, 0.1) is 4.92 Å². The Balaban J connectivity index is 1.88. The number of rotatable bonds is 5. The fourth-order valence-corrected chi connectivity index (χ4v) is 2.51. The fraction of sp³-hybridized carbons (Fsp3) is 0.167. The molecule has 6 heteroatoms. The van der Waals surface area contributed by atoms with Crippen molar-refractivity contribution >= 4 is 27.9 Å². The van der Waals surface area contributed by atoms with Crippen molar-refractivity contribution < 1.29 is 4.92 Å². The molecule has 0 aliphatic carbocycles. The maximum atomic E-state index is 10.5. The van der Waals surface area contributed by atoms with Crippen molar-refractivity contribution in [3.8, 4) is 0 Å². The molecule has 1 aromatic carbocycles. The number of nitrogens with one attached hydrogen (secondary N) is 1. The Morgan fingerprint density at radius 1 is 1.22 bits per heavy atom. The molecule has 0 amide bonds. The molecule has 0 unspecified atom stereocenters. The maximum Gasteiger partial charge on any atom is 0.324 e. The molecule has 18 heavy (non-hydrogen) atoms. The summed E-state index contributed by atoms with van der Waals surface area (Å²) >= 11 is 7.21. The Bertz CT molecular complexity index is 557. The van der Waals surface area contributed by atoms with Gasteiger partial charge in [0.1, 0.15) is 0 Å². The number of benzene rings is 1. The number of nitro groups is 1. The molecule has 2 rings (SSSR count). The van der Waals surface area contributed by atoms with Gasteiger partial charge in [-0.15, -0.1) is 0 Å². The number of nitrogens with zero attached hydrogens (tertiary/aromatic N) is 1. The van der Waals surface area contributed by atoms with Crippen molar-refractivity contribution in [2.45, 2.75) is 13.1 Å². The topological polar surface area (TPSA) is 55.2 Å². The molecule has 0 fully saturated rings. The lowest BCUT2D eigenvalue weighted by molar-refractivity contribution is -0.380. The zero-order valence-corrected chi connectivity index (χ0v) is 11.0. The van der Waals surface area contributed by atoms with Gasteiger partial charge in [-0.2, -0.15) is 0 Å². The van der Waals surface area contributed by atoms with Gasteiger partial charge in [0.2, 0.25) is 0 Å². The Hall–Kier alpha value is -1.43. The second-order valence-corrected chi connectivity index (χ2v) is 5.25.